The molecule has 2 aromatic carbocycles. The van der Waals surface area contributed by atoms with Gasteiger partial charge in [-0.2, -0.15) is 0 Å². The van der Waals surface area contributed by atoms with Crippen LogP contribution < -0.4 is 15.4 Å². The molecule has 0 aliphatic carbocycles. The Morgan fingerprint density at radius 3 is 2.71 bits per heavy atom. The van der Waals surface area contributed by atoms with Crippen LogP contribution in [-0.4, -0.2) is 34.8 Å². The maximum atomic E-state index is 13.5. The van der Waals surface area contributed by atoms with E-state index in [0.717, 1.165) is 41.2 Å². The molecule has 0 saturated heterocycles. The molecule has 0 aliphatic heterocycles. The second-order valence-electron chi connectivity index (χ2n) is 7.38. The van der Waals surface area contributed by atoms with E-state index in [1.54, 1.807) is 6.07 Å². The Bertz CT molecular complexity index is 1140. The lowest BCUT2D eigenvalue weighted by Gasteiger charge is -2.15. The van der Waals surface area contributed by atoms with Gasteiger partial charge in [0.05, 0.1) is 24.5 Å². The standard InChI is InChI=1S/C24H26FN5O/c1-17(19-5-3-6-20(25)15-19)28-23-11-12-24-27-16-22(30(24)29-23)18-7-9-21(10-8-18)31-14-4-13-26-2/h3,5-12,15-17,26H,4,13-14H2,1-2H3,(H,28,29)/t17-/m1/s1. The zero-order chi connectivity index (χ0) is 21.6. The highest BCUT2D eigenvalue weighted by Gasteiger charge is 2.11. The van der Waals surface area contributed by atoms with Crippen molar-refractivity contribution in [2.75, 3.05) is 25.5 Å². The van der Waals surface area contributed by atoms with Crippen LogP contribution in [0.3, 0.4) is 0 Å². The number of hydrogen-bond acceptors (Lipinski definition) is 5. The van der Waals surface area contributed by atoms with Crippen LogP contribution >= 0.6 is 0 Å². The minimum atomic E-state index is -0.249. The minimum Gasteiger partial charge on any atom is -0.494 e. The van der Waals surface area contributed by atoms with E-state index >= 15 is 0 Å². The number of nitrogens with zero attached hydrogens (tertiary/aromatic N) is 3. The molecule has 0 unspecified atom stereocenters. The third-order valence-electron chi connectivity index (χ3n) is 5.07. The summed E-state index contributed by atoms with van der Waals surface area (Å²) < 4.78 is 21.1. The van der Waals surface area contributed by atoms with Crippen molar-refractivity contribution in [3.05, 3.63) is 78.2 Å². The average Bonchev–Trinajstić information content (AvgIpc) is 3.20. The molecule has 0 fully saturated rings. The van der Waals surface area contributed by atoms with Crippen LogP contribution in [0.1, 0.15) is 24.9 Å². The molecule has 7 heteroatoms. The summed E-state index contributed by atoms with van der Waals surface area (Å²) >= 11 is 0. The highest BCUT2D eigenvalue weighted by atomic mass is 19.1. The number of benzene rings is 2. The maximum Gasteiger partial charge on any atom is 0.154 e. The molecule has 0 bridgehead atoms. The number of anilines is 1. The Morgan fingerprint density at radius 1 is 1.10 bits per heavy atom. The number of hydrogen-bond donors (Lipinski definition) is 2. The lowest BCUT2D eigenvalue weighted by molar-refractivity contribution is 0.310. The van der Waals surface area contributed by atoms with Crippen molar-refractivity contribution < 1.29 is 9.13 Å². The highest BCUT2D eigenvalue weighted by Crippen LogP contribution is 2.25. The predicted octanol–water partition coefficient (Wildman–Crippen LogP) is 4.70. The summed E-state index contributed by atoms with van der Waals surface area (Å²) in [5, 5.41) is 11.1. The topological polar surface area (TPSA) is 63.5 Å². The molecule has 2 heterocycles. The van der Waals surface area contributed by atoms with Crippen LogP contribution in [0.5, 0.6) is 5.75 Å². The molecule has 0 spiro atoms. The van der Waals surface area contributed by atoms with Crippen LogP contribution in [0.15, 0.2) is 66.9 Å². The second-order valence-corrected chi connectivity index (χ2v) is 7.38. The number of rotatable bonds is 9. The van der Waals surface area contributed by atoms with E-state index in [4.69, 9.17) is 9.84 Å². The molecular formula is C24H26FN5O. The Kier molecular flexibility index (Phi) is 6.43. The normalized spacial score (nSPS) is 12.1. The Balaban J connectivity index is 1.52. The van der Waals surface area contributed by atoms with Gasteiger partial charge in [-0.25, -0.2) is 13.9 Å². The van der Waals surface area contributed by atoms with Crippen molar-refractivity contribution in [2.24, 2.45) is 0 Å². The van der Waals surface area contributed by atoms with E-state index in [2.05, 4.69) is 15.6 Å². The van der Waals surface area contributed by atoms with Crippen molar-refractivity contribution in [1.29, 1.82) is 0 Å². The van der Waals surface area contributed by atoms with Crippen LogP contribution in [0.25, 0.3) is 16.9 Å². The smallest absolute Gasteiger partial charge is 0.154 e. The quantitative estimate of drug-likeness (QED) is 0.385. The molecular weight excluding hydrogens is 393 g/mol. The minimum absolute atomic E-state index is 0.0908. The van der Waals surface area contributed by atoms with Crippen molar-refractivity contribution >= 4 is 11.5 Å². The molecule has 0 amide bonds. The van der Waals surface area contributed by atoms with Gasteiger partial charge < -0.3 is 15.4 Å². The molecule has 0 saturated carbocycles. The summed E-state index contributed by atoms with van der Waals surface area (Å²) in [5.74, 6) is 1.28. The molecule has 4 rings (SSSR count). The van der Waals surface area contributed by atoms with Gasteiger partial charge in [0.1, 0.15) is 17.4 Å². The van der Waals surface area contributed by atoms with Gasteiger partial charge in [0.15, 0.2) is 5.65 Å². The Morgan fingerprint density at radius 2 is 1.94 bits per heavy atom. The van der Waals surface area contributed by atoms with E-state index in [9.17, 15) is 4.39 Å². The first-order valence-corrected chi connectivity index (χ1v) is 10.4. The van der Waals surface area contributed by atoms with E-state index < -0.39 is 0 Å². The van der Waals surface area contributed by atoms with Crippen molar-refractivity contribution in [3.8, 4) is 17.0 Å². The number of nitrogens with one attached hydrogen (secondary N) is 2. The van der Waals surface area contributed by atoms with Crippen LogP contribution in [0.2, 0.25) is 0 Å². The Labute approximate surface area is 181 Å². The lowest BCUT2D eigenvalue weighted by atomic mass is 10.1. The number of ether oxygens (including phenoxy) is 1. The molecule has 0 radical (unpaired) electrons. The summed E-state index contributed by atoms with van der Waals surface area (Å²) in [7, 11) is 1.93. The van der Waals surface area contributed by atoms with Crippen LogP contribution in [-0.2, 0) is 0 Å². The number of fused-ring (bicyclic) bond motifs is 1. The number of aromatic nitrogens is 3. The molecule has 2 N–H and O–H groups in total. The van der Waals surface area contributed by atoms with Crippen molar-refractivity contribution in [2.45, 2.75) is 19.4 Å². The van der Waals surface area contributed by atoms with Gasteiger partial charge in [-0.05, 0) is 81.0 Å². The number of halogens is 1. The van der Waals surface area contributed by atoms with Crippen LogP contribution in [0.4, 0.5) is 10.2 Å². The lowest BCUT2D eigenvalue weighted by Crippen LogP contribution is -2.11. The van der Waals surface area contributed by atoms with Gasteiger partial charge in [0, 0.05) is 5.56 Å². The average molecular weight is 420 g/mol. The SMILES string of the molecule is CNCCCOc1ccc(-c2cnc3ccc(N[C@H](C)c4cccc(F)c4)nn23)cc1. The van der Waals surface area contributed by atoms with E-state index in [-0.39, 0.29) is 11.9 Å². The van der Waals surface area contributed by atoms with Gasteiger partial charge in [-0.1, -0.05) is 12.1 Å². The van der Waals surface area contributed by atoms with Gasteiger partial charge >= 0.3 is 0 Å². The first kappa shape index (κ1) is 20.8. The summed E-state index contributed by atoms with van der Waals surface area (Å²) in [6.45, 7) is 3.58. The highest BCUT2D eigenvalue weighted by molar-refractivity contribution is 5.64. The van der Waals surface area contributed by atoms with Gasteiger partial charge in [-0.15, -0.1) is 5.10 Å². The van der Waals surface area contributed by atoms with E-state index in [1.165, 1.54) is 12.1 Å². The molecule has 0 aliphatic rings. The third-order valence-corrected chi connectivity index (χ3v) is 5.07. The summed E-state index contributed by atoms with van der Waals surface area (Å²) in [4.78, 5) is 4.46. The van der Waals surface area contributed by atoms with E-state index in [0.29, 0.717) is 12.4 Å². The summed E-state index contributed by atoms with van der Waals surface area (Å²) in [6.07, 6.45) is 2.77. The fourth-order valence-corrected chi connectivity index (χ4v) is 3.39. The van der Waals surface area contributed by atoms with Crippen LogP contribution in [0, 0.1) is 5.82 Å². The van der Waals surface area contributed by atoms with Crippen molar-refractivity contribution in [3.63, 3.8) is 0 Å². The molecule has 6 nitrogen and oxygen atoms in total. The zero-order valence-electron chi connectivity index (χ0n) is 17.7. The second kappa shape index (κ2) is 9.57. The molecule has 160 valence electrons. The van der Waals surface area contributed by atoms with Gasteiger partial charge in [0.25, 0.3) is 0 Å². The van der Waals surface area contributed by atoms with Gasteiger partial charge in [0.2, 0.25) is 0 Å². The first-order chi connectivity index (χ1) is 15.1. The van der Waals surface area contributed by atoms with E-state index in [1.807, 2.05) is 67.1 Å². The monoisotopic (exact) mass is 419 g/mol. The fourth-order valence-electron chi connectivity index (χ4n) is 3.39. The fraction of sp³-hybridized carbons (Fsp3) is 0.250. The first-order valence-electron chi connectivity index (χ1n) is 10.4. The number of imidazole rings is 1. The summed E-state index contributed by atoms with van der Waals surface area (Å²) in [6, 6.07) is 18.2. The largest absolute Gasteiger partial charge is 0.494 e. The summed E-state index contributed by atoms with van der Waals surface area (Å²) in [5.41, 5.74) is 3.50. The molecule has 1 atom stereocenters. The maximum absolute atomic E-state index is 13.5. The molecule has 4 aromatic rings. The third kappa shape index (κ3) is 5.00. The molecule has 2 aromatic heterocycles. The van der Waals surface area contributed by atoms with Crippen molar-refractivity contribution in [1.82, 2.24) is 19.9 Å². The molecule has 31 heavy (non-hydrogen) atoms. The Hall–Kier alpha value is -3.45. The van der Waals surface area contributed by atoms with Gasteiger partial charge in [-0.3, -0.25) is 0 Å². The predicted molar refractivity (Wildman–Crippen MR) is 121 cm³/mol. The zero-order valence-corrected chi connectivity index (χ0v) is 17.7.